The van der Waals surface area contributed by atoms with E-state index in [0.717, 1.165) is 10.6 Å². The number of benzene rings is 2. The van der Waals surface area contributed by atoms with Gasteiger partial charge in [0.05, 0.1) is 12.0 Å². The predicted octanol–water partition coefficient (Wildman–Crippen LogP) is 2.34. The Labute approximate surface area is 128 Å². The van der Waals surface area contributed by atoms with E-state index in [1.54, 1.807) is 19.2 Å². The second kappa shape index (κ2) is 6.38. The first-order valence-corrected chi connectivity index (χ1v) is 8.41. The summed E-state index contributed by atoms with van der Waals surface area (Å²) < 4.78 is 31.0. The number of ether oxygens (including phenoxy) is 1. The van der Waals surface area contributed by atoms with Crippen molar-refractivity contribution in [1.29, 1.82) is 0 Å². The average Bonchev–Trinajstić information content (AvgIpc) is 2.50. The van der Waals surface area contributed by atoms with Crippen LogP contribution in [0, 0.1) is 0 Å². The lowest BCUT2D eigenvalue weighted by molar-refractivity contribution is 0.414. The Morgan fingerprint density at radius 1 is 1.14 bits per heavy atom. The summed E-state index contributed by atoms with van der Waals surface area (Å²) in [6, 6.07) is 12.1. The molecule has 0 aliphatic heterocycles. The maximum absolute atomic E-state index is 11.8. The minimum Gasteiger partial charge on any atom is -0.497 e. The Hall–Kier alpha value is -1.70. The van der Waals surface area contributed by atoms with Crippen LogP contribution in [0.15, 0.2) is 57.2 Å². The van der Waals surface area contributed by atoms with Crippen molar-refractivity contribution in [1.82, 2.24) is 4.72 Å². The molecule has 2 aromatic carbocycles. The predicted molar refractivity (Wildman–Crippen MR) is 84.2 cm³/mol. The summed E-state index contributed by atoms with van der Waals surface area (Å²) in [4.78, 5) is 1.83. The lowest BCUT2D eigenvalue weighted by Gasteiger charge is -2.09. The average molecular weight is 324 g/mol. The zero-order chi connectivity index (χ0) is 15.5. The van der Waals surface area contributed by atoms with E-state index in [1.807, 2.05) is 24.3 Å². The summed E-state index contributed by atoms with van der Waals surface area (Å²) in [5, 5.41) is 0. The van der Waals surface area contributed by atoms with Crippen LogP contribution in [0.2, 0.25) is 0 Å². The van der Waals surface area contributed by atoms with Gasteiger partial charge in [-0.3, -0.25) is 0 Å². The third kappa shape index (κ3) is 3.69. The smallest absolute Gasteiger partial charge is 0.240 e. The Balaban J connectivity index is 2.32. The van der Waals surface area contributed by atoms with E-state index in [9.17, 15) is 8.42 Å². The fourth-order valence-corrected chi connectivity index (χ4v) is 3.39. The van der Waals surface area contributed by atoms with Crippen molar-refractivity contribution in [3.8, 4) is 5.75 Å². The topological polar surface area (TPSA) is 81.4 Å². The van der Waals surface area contributed by atoms with Crippen LogP contribution in [0.1, 0.15) is 0 Å². The normalized spacial score (nSPS) is 11.3. The van der Waals surface area contributed by atoms with Gasteiger partial charge in [0, 0.05) is 15.5 Å². The fourth-order valence-electron chi connectivity index (χ4n) is 1.66. The van der Waals surface area contributed by atoms with Gasteiger partial charge in [-0.2, -0.15) is 0 Å². The SMILES string of the molecule is CNS(=O)(=O)c1ccc(N)c(Sc2ccc(OC)cc2)c1. The van der Waals surface area contributed by atoms with Crippen LogP contribution in [-0.2, 0) is 10.0 Å². The van der Waals surface area contributed by atoms with E-state index in [1.165, 1.54) is 24.9 Å². The molecule has 2 rings (SSSR count). The van der Waals surface area contributed by atoms with Gasteiger partial charge < -0.3 is 10.5 Å². The van der Waals surface area contributed by atoms with Crippen molar-refractivity contribution < 1.29 is 13.2 Å². The first-order chi connectivity index (χ1) is 9.96. The van der Waals surface area contributed by atoms with E-state index in [2.05, 4.69) is 4.72 Å². The highest BCUT2D eigenvalue weighted by molar-refractivity contribution is 7.99. The lowest BCUT2D eigenvalue weighted by atomic mass is 10.3. The molecule has 5 nitrogen and oxygen atoms in total. The fraction of sp³-hybridized carbons (Fsp3) is 0.143. The second-order valence-corrected chi connectivity index (χ2v) is 7.19. The van der Waals surface area contributed by atoms with E-state index in [-0.39, 0.29) is 4.90 Å². The highest BCUT2D eigenvalue weighted by Crippen LogP contribution is 2.34. The van der Waals surface area contributed by atoms with E-state index >= 15 is 0 Å². The van der Waals surface area contributed by atoms with Crippen LogP contribution in [0.5, 0.6) is 5.75 Å². The first kappa shape index (κ1) is 15.7. The van der Waals surface area contributed by atoms with Gasteiger partial charge in [-0.05, 0) is 49.5 Å². The van der Waals surface area contributed by atoms with Gasteiger partial charge in [0.2, 0.25) is 10.0 Å². The Morgan fingerprint density at radius 3 is 2.38 bits per heavy atom. The number of methoxy groups -OCH3 is 1. The number of sulfonamides is 1. The summed E-state index contributed by atoms with van der Waals surface area (Å²) in [5.41, 5.74) is 6.45. The van der Waals surface area contributed by atoms with Crippen LogP contribution < -0.4 is 15.2 Å². The van der Waals surface area contributed by atoms with Crippen LogP contribution in [-0.4, -0.2) is 22.6 Å². The molecule has 0 bridgehead atoms. The van der Waals surface area contributed by atoms with Crippen molar-refractivity contribution in [2.45, 2.75) is 14.7 Å². The molecule has 0 spiro atoms. The van der Waals surface area contributed by atoms with Crippen molar-refractivity contribution in [3.05, 3.63) is 42.5 Å². The summed E-state index contributed by atoms with van der Waals surface area (Å²) in [5.74, 6) is 0.763. The van der Waals surface area contributed by atoms with E-state index in [4.69, 9.17) is 10.5 Å². The number of nitrogens with two attached hydrogens (primary N) is 1. The Morgan fingerprint density at radius 2 is 1.81 bits per heavy atom. The maximum atomic E-state index is 11.8. The molecule has 0 atom stereocenters. The van der Waals surface area contributed by atoms with Crippen LogP contribution in [0.4, 0.5) is 5.69 Å². The molecule has 0 aliphatic rings. The molecule has 0 saturated carbocycles. The molecule has 0 amide bonds. The maximum Gasteiger partial charge on any atom is 0.240 e. The van der Waals surface area contributed by atoms with Crippen molar-refractivity contribution in [2.75, 3.05) is 19.9 Å². The zero-order valence-electron chi connectivity index (χ0n) is 11.7. The molecule has 21 heavy (non-hydrogen) atoms. The standard InChI is InChI=1S/C14H16N2O3S2/c1-16-21(17,18)12-7-8-13(15)14(9-12)20-11-5-3-10(19-2)4-6-11/h3-9,16H,15H2,1-2H3. The minimum absolute atomic E-state index is 0.190. The summed E-state index contributed by atoms with van der Waals surface area (Å²) in [6.07, 6.45) is 0. The molecule has 0 fully saturated rings. The molecule has 7 heteroatoms. The van der Waals surface area contributed by atoms with Crippen molar-refractivity contribution in [2.24, 2.45) is 0 Å². The number of hydrogen-bond acceptors (Lipinski definition) is 5. The molecule has 3 N–H and O–H groups in total. The molecular weight excluding hydrogens is 308 g/mol. The molecule has 0 heterocycles. The molecule has 2 aromatic rings. The molecule has 0 unspecified atom stereocenters. The van der Waals surface area contributed by atoms with Crippen LogP contribution in [0.25, 0.3) is 0 Å². The number of nitrogen functional groups attached to an aromatic ring is 1. The van der Waals surface area contributed by atoms with Crippen molar-refractivity contribution in [3.63, 3.8) is 0 Å². The van der Waals surface area contributed by atoms with Gasteiger partial charge in [-0.1, -0.05) is 11.8 Å². The molecular formula is C14H16N2O3S2. The third-order valence-electron chi connectivity index (χ3n) is 2.85. The number of nitrogens with one attached hydrogen (secondary N) is 1. The number of anilines is 1. The Bertz CT molecular complexity index is 728. The quantitative estimate of drug-likeness (QED) is 0.825. The number of hydrogen-bond donors (Lipinski definition) is 2. The monoisotopic (exact) mass is 324 g/mol. The van der Waals surface area contributed by atoms with Gasteiger partial charge in [-0.25, -0.2) is 13.1 Å². The van der Waals surface area contributed by atoms with Gasteiger partial charge >= 0.3 is 0 Å². The van der Waals surface area contributed by atoms with Gasteiger partial charge in [0.15, 0.2) is 0 Å². The summed E-state index contributed by atoms with van der Waals surface area (Å²) in [6.45, 7) is 0. The lowest BCUT2D eigenvalue weighted by Crippen LogP contribution is -2.18. The van der Waals surface area contributed by atoms with Crippen LogP contribution in [0.3, 0.4) is 0 Å². The summed E-state index contributed by atoms with van der Waals surface area (Å²) in [7, 11) is -0.499. The largest absolute Gasteiger partial charge is 0.497 e. The molecule has 0 aromatic heterocycles. The molecule has 0 radical (unpaired) electrons. The van der Waals surface area contributed by atoms with Gasteiger partial charge in [-0.15, -0.1) is 0 Å². The molecule has 112 valence electrons. The Kier molecular flexibility index (Phi) is 4.76. The molecule has 0 aliphatic carbocycles. The van der Waals surface area contributed by atoms with Gasteiger partial charge in [0.1, 0.15) is 5.75 Å². The summed E-state index contributed by atoms with van der Waals surface area (Å²) >= 11 is 1.40. The van der Waals surface area contributed by atoms with E-state index < -0.39 is 10.0 Å². The molecule has 0 saturated heterocycles. The first-order valence-electron chi connectivity index (χ1n) is 6.11. The van der Waals surface area contributed by atoms with Crippen molar-refractivity contribution >= 4 is 27.5 Å². The highest BCUT2D eigenvalue weighted by atomic mass is 32.2. The minimum atomic E-state index is -3.48. The van der Waals surface area contributed by atoms with E-state index in [0.29, 0.717) is 10.6 Å². The zero-order valence-corrected chi connectivity index (χ0v) is 13.3. The highest BCUT2D eigenvalue weighted by Gasteiger charge is 2.13. The third-order valence-corrected chi connectivity index (χ3v) is 5.34. The number of rotatable bonds is 5. The van der Waals surface area contributed by atoms with Crippen LogP contribution >= 0.6 is 11.8 Å². The second-order valence-electron chi connectivity index (χ2n) is 4.18. The van der Waals surface area contributed by atoms with Gasteiger partial charge in [0.25, 0.3) is 0 Å².